The van der Waals surface area contributed by atoms with E-state index in [-0.39, 0.29) is 5.75 Å². The van der Waals surface area contributed by atoms with Gasteiger partial charge in [0.15, 0.2) is 0 Å². The topological polar surface area (TPSA) is 62.0 Å². The van der Waals surface area contributed by atoms with E-state index in [9.17, 15) is 5.11 Å². The summed E-state index contributed by atoms with van der Waals surface area (Å²) in [6, 6.07) is 7.57. The molecule has 0 unspecified atom stereocenters. The zero-order valence-corrected chi connectivity index (χ0v) is 6.54. The van der Waals surface area contributed by atoms with Crippen molar-refractivity contribution in [3.8, 4) is 5.75 Å². The van der Waals surface area contributed by atoms with E-state index < -0.39 is 0 Å². The number of aromatic nitrogens is 1. The highest BCUT2D eigenvalue weighted by Gasteiger charge is 2.06. The zero-order valence-electron chi connectivity index (χ0n) is 6.54. The second-order valence-corrected chi connectivity index (χ2v) is 2.70. The molecular weight excluding hydrogens is 152 g/mol. The van der Waals surface area contributed by atoms with Crippen molar-refractivity contribution in [3.63, 3.8) is 0 Å². The number of fused-ring (bicyclic) bond motifs is 1. The summed E-state index contributed by atoms with van der Waals surface area (Å²) >= 11 is 0. The molecule has 1 aromatic heterocycles. The molecule has 0 saturated carbocycles. The Morgan fingerprint density at radius 1 is 1.33 bits per heavy atom. The lowest BCUT2D eigenvalue weighted by molar-refractivity contribution is 0.474. The minimum absolute atomic E-state index is 0.271. The SMILES string of the molecule is NCc1[nH]c2ccccc2c1O. The lowest BCUT2D eigenvalue weighted by Gasteiger charge is -1.90. The van der Waals surface area contributed by atoms with Crippen molar-refractivity contribution in [1.29, 1.82) is 0 Å². The Balaban J connectivity index is 2.78. The number of aromatic amines is 1. The van der Waals surface area contributed by atoms with Gasteiger partial charge in [-0.3, -0.25) is 0 Å². The van der Waals surface area contributed by atoms with Crippen LogP contribution in [-0.2, 0) is 6.54 Å². The van der Waals surface area contributed by atoms with Crippen molar-refractivity contribution in [2.45, 2.75) is 6.54 Å². The molecule has 0 fully saturated rings. The highest BCUT2D eigenvalue weighted by Crippen LogP contribution is 2.27. The summed E-state index contributed by atoms with van der Waals surface area (Å²) in [5.74, 6) is 0.271. The van der Waals surface area contributed by atoms with E-state index in [0.29, 0.717) is 12.2 Å². The number of para-hydroxylation sites is 1. The fraction of sp³-hybridized carbons (Fsp3) is 0.111. The summed E-state index contributed by atoms with van der Waals surface area (Å²) in [7, 11) is 0. The van der Waals surface area contributed by atoms with E-state index in [1.807, 2.05) is 24.3 Å². The minimum atomic E-state index is 0.271. The number of nitrogens with two attached hydrogens (primary N) is 1. The number of hydrogen-bond acceptors (Lipinski definition) is 2. The maximum Gasteiger partial charge on any atom is 0.145 e. The Hall–Kier alpha value is -1.48. The van der Waals surface area contributed by atoms with Crippen LogP contribution in [0.15, 0.2) is 24.3 Å². The molecule has 2 aromatic rings. The van der Waals surface area contributed by atoms with Crippen molar-refractivity contribution >= 4 is 10.9 Å². The van der Waals surface area contributed by atoms with Crippen LogP contribution in [0.2, 0.25) is 0 Å². The number of hydrogen-bond donors (Lipinski definition) is 3. The molecule has 0 bridgehead atoms. The van der Waals surface area contributed by atoms with Gasteiger partial charge >= 0.3 is 0 Å². The van der Waals surface area contributed by atoms with E-state index in [4.69, 9.17) is 5.73 Å². The molecular formula is C9H10N2O. The maximum absolute atomic E-state index is 9.58. The number of nitrogens with one attached hydrogen (secondary N) is 1. The summed E-state index contributed by atoms with van der Waals surface area (Å²) in [4.78, 5) is 3.04. The smallest absolute Gasteiger partial charge is 0.145 e. The second kappa shape index (κ2) is 2.53. The number of benzene rings is 1. The summed E-state index contributed by atoms with van der Waals surface area (Å²) in [5, 5.41) is 10.4. The van der Waals surface area contributed by atoms with E-state index in [0.717, 1.165) is 10.9 Å². The highest BCUT2D eigenvalue weighted by molar-refractivity contribution is 5.87. The molecule has 0 radical (unpaired) electrons. The molecule has 62 valence electrons. The van der Waals surface area contributed by atoms with Crippen LogP contribution in [0.25, 0.3) is 10.9 Å². The summed E-state index contributed by atoms with van der Waals surface area (Å²) in [6.07, 6.45) is 0. The minimum Gasteiger partial charge on any atom is -0.505 e. The lowest BCUT2D eigenvalue weighted by atomic mass is 10.2. The maximum atomic E-state index is 9.58. The van der Waals surface area contributed by atoms with Gasteiger partial charge in [0.25, 0.3) is 0 Å². The fourth-order valence-electron chi connectivity index (χ4n) is 1.33. The van der Waals surface area contributed by atoms with Crippen molar-refractivity contribution < 1.29 is 5.11 Å². The summed E-state index contributed by atoms with van der Waals surface area (Å²) in [6.45, 7) is 0.334. The average Bonchev–Trinajstić information content (AvgIpc) is 2.44. The molecule has 0 aliphatic rings. The van der Waals surface area contributed by atoms with Crippen LogP contribution in [0.4, 0.5) is 0 Å². The molecule has 0 aliphatic carbocycles. The average molecular weight is 162 g/mol. The predicted molar refractivity (Wildman–Crippen MR) is 47.9 cm³/mol. The van der Waals surface area contributed by atoms with Gasteiger partial charge in [0, 0.05) is 17.4 Å². The molecule has 12 heavy (non-hydrogen) atoms. The van der Waals surface area contributed by atoms with Gasteiger partial charge < -0.3 is 15.8 Å². The Morgan fingerprint density at radius 2 is 2.08 bits per heavy atom. The quantitative estimate of drug-likeness (QED) is 0.592. The third kappa shape index (κ3) is 0.871. The Labute approximate surface area is 69.8 Å². The first-order valence-electron chi connectivity index (χ1n) is 3.81. The van der Waals surface area contributed by atoms with E-state index in [1.54, 1.807) is 0 Å². The lowest BCUT2D eigenvalue weighted by Crippen LogP contribution is -1.95. The molecule has 0 spiro atoms. The van der Waals surface area contributed by atoms with Crippen LogP contribution >= 0.6 is 0 Å². The highest BCUT2D eigenvalue weighted by atomic mass is 16.3. The van der Waals surface area contributed by atoms with Gasteiger partial charge in [0.05, 0.1) is 5.69 Å². The van der Waals surface area contributed by atoms with Crippen LogP contribution in [0, 0.1) is 0 Å². The second-order valence-electron chi connectivity index (χ2n) is 2.70. The molecule has 4 N–H and O–H groups in total. The van der Waals surface area contributed by atoms with Crippen molar-refractivity contribution in [2.24, 2.45) is 5.73 Å². The van der Waals surface area contributed by atoms with Crippen LogP contribution in [0.3, 0.4) is 0 Å². The molecule has 0 amide bonds. The number of rotatable bonds is 1. The Bertz CT molecular complexity index is 406. The predicted octanol–water partition coefficient (Wildman–Crippen LogP) is 1.33. The Morgan fingerprint density at radius 3 is 2.75 bits per heavy atom. The van der Waals surface area contributed by atoms with Gasteiger partial charge in [0.2, 0.25) is 0 Å². The largest absolute Gasteiger partial charge is 0.505 e. The first kappa shape index (κ1) is 7.18. The van der Waals surface area contributed by atoms with Gasteiger partial charge in [-0.05, 0) is 12.1 Å². The first-order chi connectivity index (χ1) is 5.83. The first-order valence-corrected chi connectivity index (χ1v) is 3.81. The van der Waals surface area contributed by atoms with E-state index >= 15 is 0 Å². The zero-order chi connectivity index (χ0) is 8.55. The van der Waals surface area contributed by atoms with Gasteiger partial charge in [-0.25, -0.2) is 0 Å². The van der Waals surface area contributed by atoms with E-state index in [1.165, 1.54) is 0 Å². The molecule has 3 nitrogen and oxygen atoms in total. The fourth-order valence-corrected chi connectivity index (χ4v) is 1.33. The molecule has 1 aromatic carbocycles. The standard InChI is InChI=1S/C9H10N2O/c10-5-8-9(12)6-3-1-2-4-7(6)11-8/h1-4,11-12H,5,10H2. The number of aromatic hydroxyl groups is 1. The van der Waals surface area contributed by atoms with Crippen molar-refractivity contribution in [2.75, 3.05) is 0 Å². The summed E-state index contributed by atoms with van der Waals surface area (Å²) in [5.41, 5.74) is 7.04. The normalized spacial score (nSPS) is 10.8. The molecule has 1 heterocycles. The molecule has 0 atom stereocenters. The van der Waals surface area contributed by atoms with Gasteiger partial charge in [0.1, 0.15) is 5.75 Å². The molecule has 3 heteroatoms. The van der Waals surface area contributed by atoms with Gasteiger partial charge in [-0.15, -0.1) is 0 Å². The number of H-pyrrole nitrogens is 1. The van der Waals surface area contributed by atoms with Crippen molar-refractivity contribution in [3.05, 3.63) is 30.0 Å². The van der Waals surface area contributed by atoms with Crippen LogP contribution in [-0.4, -0.2) is 10.1 Å². The van der Waals surface area contributed by atoms with Gasteiger partial charge in [-0.2, -0.15) is 0 Å². The summed E-state index contributed by atoms with van der Waals surface area (Å²) < 4.78 is 0. The molecule has 0 saturated heterocycles. The Kier molecular flexibility index (Phi) is 1.52. The van der Waals surface area contributed by atoms with Crippen molar-refractivity contribution in [1.82, 2.24) is 4.98 Å². The monoisotopic (exact) mass is 162 g/mol. The van der Waals surface area contributed by atoms with Crippen LogP contribution in [0.5, 0.6) is 5.75 Å². The van der Waals surface area contributed by atoms with Gasteiger partial charge in [-0.1, -0.05) is 12.1 Å². The third-order valence-electron chi connectivity index (χ3n) is 1.96. The van der Waals surface area contributed by atoms with Crippen LogP contribution < -0.4 is 5.73 Å². The third-order valence-corrected chi connectivity index (χ3v) is 1.96. The molecule has 2 rings (SSSR count). The molecule has 0 aliphatic heterocycles. The van der Waals surface area contributed by atoms with E-state index in [2.05, 4.69) is 4.98 Å². The van der Waals surface area contributed by atoms with Crippen LogP contribution in [0.1, 0.15) is 5.69 Å².